The first-order chi connectivity index (χ1) is 15.2. The number of nitrogens with zero attached hydrogens (tertiary/aromatic N) is 1. The van der Waals surface area contributed by atoms with Crippen molar-refractivity contribution in [1.82, 2.24) is 9.55 Å². The summed E-state index contributed by atoms with van der Waals surface area (Å²) in [7, 11) is 0. The van der Waals surface area contributed by atoms with E-state index < -0.39 is 66.0 Å². The Labute approximate surface area is 182 Å². The highest BCUT2D eigenvalue weighted by atomic mass is 16.6. The van der Waals surface area contributed by atoms with Crippen LogP contribution < -0.4 is 11.2 Å². The van der Waals surface area contributed by atoms with Gasteiger partial charge in [0.15, 0.2) is 0 Å². The van der Waals surface area contributed by atoms with Gasteiger partial charge in [-0.1, -0.05) is 0 Å². The van der Waals surface area contributed by atoms with E-state index in [1.807, 2.05) is 0 Å². The number of aromatic amines is 1. The van der Waals surface area contributed by atoms with Gasteiger partial charge >= 0.3 is 23.6 Å². The summed E-state index contributed by atoms with van der Waals surface area (Å²) in [5.41, 5.74) is -1.30. The highest BCUT2D eigenvalue weighted by Crippen LogP contribution is 2.45. The first kappa shape index (κ1) is 23.7. The second kappa shape index (κ2) is 10.1. The van der Waals surface area contributed by atoms with E-state index >= 15 is 0 Å². The number of H-pyrrole nitrogens is 1. The van der Waals surface area contributed by atoms with E-state index in [1.165, 1.54) is 17.7 Å². The smallest absolute Gasteiger partial charge is 0.328 e. The molecule has 12 heteroatoms. The summed E-state index contributed by atoms with van der Waals surface area (Å²) in [6.07, 6.45) is -0.424. The van der Waals surface area contributed by atoms with Crippen LogP contribution in [-0.4, -0.2) is 63.6 Å². The van der Waals surface area contributed by atoms with Gasteiger partial charge in [0.25, 0.3) is 5.56 Å². The lowest BCUT2D eigenvalue weighted by Crippen LogP contribution is -2.37. The summed E-state index contributed by atoms with van der Waals surface area (Å²) in [6.45, 7) is 1.82. The van der Waals surface area contributed by atoms with Crippen LogP contribution in [-0.2, 0) is 28.6 Å². The minimum atomic E-state index is -1.19. The number of hydrogen-bond donors (Lipinski definition) is 3. The van der Waals surface area contributed by atoms with Gasteiger partial charge in [0.2, 0.25) is 0 Å². The van der Waals surface area contributed by atoms with Crippen LogP contribution in [0.5, 0.6) is 0 Å². The molecule has 4 atom stereocenters. The second-order valence-corrected chi connectivity index (χ2v) is 8.02. The third kappa shape index (κ3) is 5.43. The average Bonchev–Trinajstić information content (AvgIpc) is 3.03. The van der Waals surface area contributed by atoms with Gasteiger partial charge in [-0.2, -0.15) is 0 Å². The van der Waals surface area contributed by atoms with Crippen molar-refractivity contribution in [3.8, 4) is 0 Å². The van der Waals surface area contributed by atoms with Gasteiger partial charge in [0, 0.05) is 44.2 Å². The van der Waals surface area contributed by atoms with Crippen LogP contribution in [0.1, 0.15) is 50.3 Å². The molecule has 0 saturated carbocycles. The summed E-state index contributed by atoms with van der Waals surface area (Å²) in [5.74, 6) is -4.68. The number of carboxylic acids is 2. The fourth-order valence-corrected chi connectivity index (χ4v) is 4.44. The predicted molar refractivity (Wildman–Crippen MR) is 106 cm³/mol. The molecule has 2 aliphatic heterocycles. The van der Waals surface area contributed by atoms with Gasteiger partial charge in [-0.3, -0.25) is 28.7 Å². The number of aromatic nitrogens is 2. The van der Waals surface area contributed by atoms with Gasteiger partial charge in [0.1, 0.15) is 6.61 Å². The molecule has 2 fully saturated rings. The molecule has 3 heterocycles. The van der Waals surface area contributed by atoms with E-state index in [4.69, 9.17) is 14.2 Å². The first-order valence-electron chi connectivity index (χ1n) is 10.3. The molecule has 2 saturated heterocycles. The molecule has 176 valence electrons. The minimum Gasteiger partial charge on any atom is -0.481 e. The van der Waals surface area contributed by atoms with Gasteiger partial charge in [-0.05, 0) is 12.8 Å². The minimum absolute atomic E-state index is 0.0306. The molecule has 0 aliphatic carbocycles. The summed E-state index contributed by atoms with van der Waals surface area (Å²) in [4.78, 5) is 61.6. The second-order valence-electron chi connectivity index (χ2n) is 8.02. The van der Waals surface area contributed by atoms with E-state index in [-0.39, 0.29) is 18.2 Å². The van der Waals surface area contributed by atoms with Crippen LogP contribution in [0, 0.1) is 11.8 Å². The number of nitrogens with one attached hydrogen (secondary N) is 1. The molecule has 0 spiro atoms. The van der Waals surface area contributed by atoms with Crippen LogP contribution in [0.15, 0.2) is 15.8 Å². The van der Waals surface area contributed by atoms with Crippen molar-refractivity contribution >= 4 is 17.9 Å². The summed E-state index contributed by atoms with van der Waals surface area (Å²) >= 11 is 0. The Morgan fingerprint density at radius 2 is 1.75 bits per heavy atom. The van der Waals surface area contributed by atoms with Crippen molar-refractivity contribution in [2.75, 3.05) is 19.8 Å². The maximum absolute atomic E-state index is 12.7. The maximum atomic E-state index is 12.7. The Morgan fingerprint density at radius 3 is 2.34 bits per heavy atom. The Bertz CT molecular complexity index is 977. The van der Waals surface area contributed by atoms with Gasteiger partial charge < -0.3 is 24.4 Å². The number of hydrogen-bond acceptors (Lipinski definition) is 8. The van der Waals surface area contributed by atoms with E-state index in [9.17, 15) is 34.2 Å². The number of carbonyl (C=O) groups is 3. The van der Waals surface area contributed by atoms with Crippen LogP contribution in [0.3, 0.4) is 0 Å². The summed E-state index contributed by atoms with van der Waals surface area (Å²) in [6, 6.07) is -0.210. The zero-order valence-electron chi connectivity index (χ0n) is 17.5. The molecule has 12 nitrogen and oxygen atoms in total. The Kier molecular flexibility index (Phi) is 7.46. The molecule has 0 unspecified atom stereocenters. The summed E-state index contributed by atoms with van der Waals surface area (Å²) in [5, 5.41) is 18.8. The van der Waals surface area contributed by atoms with Crippen LogP contribution in [0.2, 0.25) is 0 Å². The van der Waals surface area contributed by atoms with Crippen molar-refractivity contribution in [3.05, 3.63) is 32.6 Å². The molecule has 2 aliphatic rings. The van der Waals surface area contributed by atoms with Crippen LogP contribution >= 0.6 is 0 Å². The highest BCUT2D eigenvalue weighted by molar-refractivity contribution is 5.69. The first-order valence-corrected chi connectivity index (χ1v) is 10.3. The number of carboxylic acid groups (broad SMARTS) is 2. The number of esters is 1. The lowest BCUT2D eigenvalue weighted by molar-refractivity contribution is -0.146. The van der Waals surface area contributed by atoms with Crippen LogP contribution in [0.25, 0.3) is 0 Å². The fourth-order valence-electron chi connectivity index (χ4n) is 4.44. The zero-order valence-corrected chi connectivity index (χ0v) is 17.5. The fraction of sp³-hybridized carbons (Fsp3) is 0.650. The van der Waals surface area contributed by atoms with E-state index in [0.29, 0.717) is 26.1 Å². The Balaban J connectivity index is 2.01. The number of ether oxygens (including phenoxy) is 3. The number of rotatable bonds is 8. The average molecular weight is 454 g/mol. The standard InChI is InChI=1S/C20H26N2O10/c1-10(23)31-9-15-12(6-16(24)25)13(7-17(26)27)18(32-15)14-8-22(20(29)21-19(14)28)11-2-4-30-5-3-11/h8,11-13,15,18H,2-7,9H2,1H3,(H,24,25)(H,26,27)(H,21,28,29)/t12-,13+,15+,18+/m1/s1. The predicted octanol–water partition coefficient (Wildman–Crippen LogP) is 0.0729. The van der Waals surface area contributed by atoms with Gasteiger partial charge in [-0.25, -0.2) is 4.79 Å². The van der Waals surface area contributed by atoms with Crippen molar-refractivity contribution in [2.24, 2.45) is 11.8 Å². The molecule has 0 radical (unpaired) electrons. The van der Waals surface area contributed by atoms with E-state index in [2.05, 4.69) is 4.98 Å². The maximum Gasteiger partial charge on any atom is 0.328 e. The lowest BCUT2D eigenvalue weighted by Gasteiger charge is -2.25. The third-order valence-corrected chi connectivity index (χ3v) is 5.90. The Hall–Kier alpha value is -2.99. The largest absolute Gasteiger partial charge is 0.481 e. The van der Waals surface area contributed by atoms with Gasteiger partial charge in [0.05, 0.1) is 30.6 Å². The van der Waals surface area contributed by atoms with Crippen molar-refractivity contribution in [3.63, 3.8) is 0 Å². The van der Waals surface area contributed by atoms with Gasteiger partial charge in [-0.15, -0.1) is 0 Å². The molecule has 0 amide bonds. The number of carbonyl (C=O) groups excluding carboxylic acids is 1. The van der Waals surface area contributed by atoms with Crippen LogP contribution in [0.4, 0.5) is 0 Å². The zero-order chi connectivity index (χ0) is 23.4. The SMILES string of the molecule is CC(=O)OC[C@@H]1O[C@H](c2cn(C3CCOCC3)c(=O)[nH]c2=O)[C@@H](CC(=O)O)[C@H]1CC(=O)O. The Morgan fingerprint density at radius 1 is 1.12 bits per heavy atom. The van der Waals surface area contributed by atoms with E-state index in [0.717, 1.165) is 0 Å². The molecule has 1 aromatic heterocycles. The molecular weight excluding hydrogens is 428 g/mol. The third-order valence-electron chi connectivity index (χ3n) is 5.90. The van der Waals surface area contributed by atoms with Crippen molar-refractivity contribution < 1.29 is 38.8 Å². The quantitative estimate of drug-likeness (QED) is 0.456. The monoisotopic (exact) mass is 454 g/mol. The molecule has 0 bridgehead atoms. The van der Waals surface area contributed by atoms with Crippen molar-refractivity contribution in [2.45, 2.75) is 50.9 Å². The normalized spacial score (nSPS) is 26.0. The highest BCUT2D eigenvalue weighted by Gasteiger charge is 2.48. The van der Waals surface area contributed by atoms with Crippen molar-refractivity contribution in [1.29, 1.82) is 0 Å². The molecule has 0 aromatic carbocycles. The molecule has 32 heavy (non-hydrogen) atoms. The summed E-state index contributed by atoms with van der Waals surface area (Å²) < 4.78 is 17.6. The molecular formula is C20H26N2O10. The topological polar surface area (TPSA) is 174 Å². The molecule has 1 aromatic rings. The molecule has 3 N–H and O–H groups in total. The lowest BCUT2D eigenvalue weighted by atomic mass is 9.81. The van der Waals surface area contributed by atoms with E-state index in [1.54, 1.807) is 0 Å². The number of aliphatic carboxylic acids is 2. The molecule has 3 rings (SSSR count).